The Kier molecular flexibility index (Phi) is 10.1. The summed E-state index contributed by atoms with van der Waals surface area (Å²) in [5.41, 5.74) is 6.62. The number of hydrogen-bond donors (Lipinski definition) is 7. The molecule has 8 N–H and O–H groups in total. The number of aliphatic carboxylic acids is 2. The number of nitrogens with one attached hydrogen (secondary N) is 3. The highest BCUT2D eigenvalue weighted by atomic mass is 16.4. The maximum absolute atomic E-state index is 12.5. The van der Waals surface area contributed by atoms with Crippen LogP contribution in [0.3, 0.4) is 0 Å². The number of aromatic hydroxyl groups is 1. The number of carboxylic acids is 2. The van der Waals surface area contributed by atoms with Gasteiger partial charge >= 0.3 is 11.9 Å². The van der Waals surface area contributed by atoms with Crippen LogP contribution >= 0.6 is 0 Å². The Labute approximate surface area is 184 Å². The minimum atomic E-state index is -1.64. The van der Waals surface area contributed by atoms with E-state index in [1.165, 1.54) is 12.1 Å². The Morgan fingerprint density at radius 1 is 0.969 bits per heavy atom. The number of rotatable bonds is 12. The second kappa shape index (κ2) is 12.2. The summed E-state index contributed by atoms with van der Waals surface area (Å²) in [7, 11) is 0. The Morgan fingerprint density at radius 2 is 1.56 bits per heavy atom. The van der Waals surface area contributed by atoms with E-state index in [0.29, 0.717) is 5.56 Å². The zero-order chi connectivity index (χ0) is 24.4. The van der Waals surface area contributed by atoms with Crippen molar-refractivity contribution in [3.05, 3.63) is 29.8 Å². The summed E-state index contributed by atoms with van der Waals surface area (Å²) in [5.74, 6) is -5.40. The molecule has 0 spiro atoms. The van der Waals surface area contributed by atoms with Crippen LogP contribution in [0.25, 0.3) is 0 Å². The monoisotopic (exact) mass is 452 g/mol. The topological polar surface area (TPSA) is 208 Å². The lowest BCUT2D eigenvalue weighted by Crippen LogP contribution is -2.55. The van der Waals surface area contributed by atoms with Crippen molar-refractivity contribution < 1.29 is 39.3 Å². The molecule has 0 heterocycles. The summed E-state index contributed by atoms with van der Waals surface area (Å²) in [4.78, 5) is 58.4. The summed E-state index contributed by atoms with van der Waals surface area (Å²) < 4.78 is 0. The second-order valence-corrected chi connectivity index (χ2v) is 7.48. The number of carbonyl (C=O) groups is 5. The van der Waals surface area contributed by atoms with E-state index < -0.39 is 60.8 Å². The predicted octanol–water partition coefficient (Wildman–Crippen LogP) is -1.44. The number of nitrogens with two attached hydrogens (primary N) is 1. The van der Waals surface area contributed by atoms with Crippen molar-refractivity contribution in [1.29, 1.82) is 0 Å². The van der Waals surface area contributed by atoms with Gasteiger partial charge in [-0.3, -0.25) is 19.2 Å². The normalized spacial score (nSPS) is 13.5. The predicted molar refractivity (Wildman–Crippen MR) is 111 cm³/mol. The van der Waals surface area contributed by atoms with E-state index in [4.69, 9.17) is 15.9 Å². The van der Waals surface area contributed by atoms with Gasteiger partial charge < -0.3 is 37.0 Å². The van der Waals surface area contributed by atoms with Crippen molar-refractivity contribution in [2.75, 3.05) is 6.54 Å². The highest BCUT2D eigenvalue weighted by molar-refractivity contribution is 5.93. The number of phenolic OH excluding ortho intramolecular Hbond substituents is 1. The second-order valence-electron chi connectivity index (χ2n) is 7.48. The average Bonchev–Trinajstić information content (AvgIpc) is 2.70. The Morgan fingerprint density at radius 3 is 2.06 bits per heavy atom. The fraction of sp³-hybridized carbons (Fsp3) is 0.450. The summed E-state index contributed by atoms with van der Waals surface area (Å²) in [5, 5.41) is 33.8. The van der Waals surface area contributed by atoms with Gasteiger partial charge in [-0.25, -0.2) is 4.79 Å². The molecule has 0 radical (unpaired) electrons. The third kappa shape index (κ3) is 9.00. The zero-order valence-electron chi connectivity index (χ0n) is 17.7. The van der Waals surface area contributed by atoms with Crippen molar-refractivity contribution in [2.45, 2.75) is 44.8 Å². The maximum atomic E-state index is 12.5. The first-order chi connectivity index (χ1) is 14.9. The van der Waals surface area contributed by atoms with Crippen molar-refractivity contribution in [3.8, 4) is 5.75 Å². The number of carboxylic acid groups (broad SMARTS) is 2. The van der Waals surface area contributed by atoms with Crippen LogP contribution < -0.4 is 21.7 Å². The van der Waals surface area contributed by atoms with E-state index in [1.54, 1.807) is 26.0 Å². The number of amides is 3. The Balaban J connectivity index is 2.64. The standard InChI is InChI=1S/C20H28N4O8/c1-10(2)17(24-18(29)13(21)7-11-3-5-12(25)6-4-11)19(30)22-9-15(26)23-14(20(31)32)8-16(27)28/h3-6,10,13-14,17,25H,7-9,21H2,1-2H3,(H,22,30)(H,23,26)(H,24,29)(H,27,28)(H,31,32)/t13-,14-,17-/m0/s1. The summed E-state index contributed by atoms with van der Waals surface area (Å²) in [6, 6.07) is 2.52. The molecule has 0 aliphatic rings. The first-order valence-electron chi connectivity index (χ1n) is 9.76. The molecule has 3 amide bonds. The van der Waals surface area contributed by atoms with E-state index in [0.717, 1.165) is 0 Å². The number of carbonyl (C=O) groups excluding carboxylic acids is 3. The fourth-order valence-corrected chi connectivity index (χ4v) is 2.67. The highest BCUT2D eigenvalue weighted by Crippen LogP contribution is 2.11. The maximum Gasteiger partial charge on any atom is 0.326 e. The van der Waals surface area contributed by atoms with Crippen molar-refractivity contribution >= 4 is 29.7 Å². The van der Waals surface area contributed by atoms with E-state index in [2.05, 4.69) is 10.6 Å². The molecular formula is C20H28N4O8. The van der Waals surface area contributed by atoms with E-state index >= 15 is 0 Å². The van der Waals surface area contributed by atoms with E-state index in [9.17, 15) is 29.1 Å². The van der Waals surface area contributed by atoms with Gasteiger partial charge in [0.05, 0.1) is 19.0 Å². The molecular weight excluding hydrogens is 424 g/mol. The lowest BCUT2D eigenvalue weighted by atomic mass is 10.0. The van der Waals surface area contributed by atoms with Crippen LogP contribution in [0.2, 0.25) is 0 Å². The molecule has 0 saturated heterocycles. The molecule has 12 nitrogen and oxygen atoms in total. The average molecular weight is 452 g/mol. The lowest BCUT2D eigenvalue weighted by molar-refractivity contribution is -0.147. The third-order valence-corrected chi connectivity index (χ3v) is 4.41. The van der Waals surface area contributed by atoms with Crippen LogP contribution in [0.1, 0.15) is 25.8 Å². The molecule has 0 fully saturated rings. The van der Waals surface area contributed by atoms with Crippen LogP contribution in [-0.2, 0) is 30.4 Å². The number of phenols is 1. The molecule has 1 rings (SSSR count). The van der Waals surface area contributed by atoms with Gasteiger partial charge in [-0.1, -0.05) is 26.0 Å². The molecule has 3 atom stereocenters. The zero-order valence-corrected chi connectivity index (χ0v) is 17.7. The van der Waals surface area contributed by atoms with Gasteiger partial charge in [0, 0.05) is 0 Å². The molecule has 0 aliphatic carbocycles. The van der Waals surface area contributed by atoms with Gasteiger partial charge in [0.25, 0.3) is 0 Å². The van der Waals surface area contributed by atoms with Gasteiger partial charge in [0.2, 0.25) is 17.7 Å². The minimum absolute atomic E-state index is 0.0741. The van der Waals surface area contributed by atoms with Gasteiger partial charge in [-0.2, -0.15) is 0 Å². The molecule has 0 unspecified atom stereocenters. The number of benzene rings is 1. The minimum Gasteiger partial charge on any atom is -0.508 e. The van der Waals surface area contributed by atoms with Crippen LogP contribution in [0.15, 0.2) is 24.3 Å². The van der Waals surface area contributed by atoms with Crippen molar-refractivity contribution in [1.82, 2.24) is 16.0 Å². The Hall–Kier alpha value is -3.67. The van der Waals surface area contributed by atoms with Gasteiger partial charge in [0.1, 0.15) is 17.8 Å². The lowest BCUT2D eigenvalue weighted by Gasteiger charge is -2.23. The summed E-state index contributed by atoms with van der Waals surface area (Å²) in [6.45, 7) is 2.73. The molecule has 0 aliphatic heterocycles. The van der Waals surface area contributed by atoms with E-state index in [-0.39, 0.29) is 18.1 Å². The molecule has 0 bridgehead atoms. The van der Waals surface area contributed by atoms with Crippen LogP contribution in [0.4, 0.5) is 0 Å². The molecule has 176 valence electrons. The van der Waals surface area contributed by atoms with Crippen LogP contribution in [-0.4, -0.2) is 69.7 Å². The molecule has 1 aromatic carbocycles. The SMILES string of the molecule is CC(C)[C@H](NC(=O)[C@@H](N)Cc1ccc(O)cc1)C(=O)NCC(=O)N[C@@H](CC(=O)O)C(=O)O. The first kappa shape index (κ1) is 26.4. The van der Waals surface area contributed by atoms with Gasteiger partial charge in [0.15, 0.2) is 0 Å². The summed E-state index contributed by atoms with van der Waals surface area (Å²) in [6.07, 6.45) is -0.653. The Bertz CT molecular complexity index is 841. The first-order valence-corrected chi connectivity index (χ1v) is 9.76. The van der Waals surface area contributed by atoms with E-state index in [1.807, 2.05) is 5.32 Å². The van der Waals surface area contributed by atoms with Gasteiger partial charge in [-0.05, 0) is 30.0 Å². The van der Waals surface area contributed by atoms with Crippen LogP contribution in [0, 0.1) is 5.92 Å². The smallest absolute Gasteiger partial charge is 0.326 e. The molecule has 0 aromatic heterocycles. The van der Waals surface area contributed by atoms with Crippen LogP contribution in [0.5, 0.6) is 5.75 Å². The number of hydrogen-bond acceptors (Lipinski definition) is 7. The van der Waals surface area contributed by atoms with Crippen molar-refractivity contribution in [2.24, 2.45) is 11.7 Å². The van der Waals surface area contributed by atoms with Crippen molar-refractivity contribution in [3.63, 3.8) is 0 Å². The molecule has 1 aromatic rings. The van der Waals surface area contributed by atoms with Gasteiger partial charge in [-0.15, -0.1) is 0 Å². The molecule has 0 saturated carbocycles. The highest BCUT2D eigenvalue weighted by Gasteiger charge is 2.28. The molecule has 12 heteroatoms. The third-order valence-electron chi connectivity index (χ3n) is 4.41. The quantitative estimate of drug-likeness (QED) is 0.198. The fourth-order valence-electron chi connectivity index (χ4n) is 2.67. The largest absolute Gasteiger partial charge is 0.508 e. The summed E-state index contributed by atoms with van der Waals surface area (Å²) >= 11 is 0. The molecule has 32 heavy (non-hydrogen) atoms.